The summed E-state index contributed by atoms with van der Waals surface area (Å²) in [6, 6.07) is 0.633. The molecule has 4 nitrogen and oxygen atoms in total. The predicted molar refractivity (Wildman–Crippen MR) is 79.0 cm³/mol. The number of likely N-dealkylation sites (N-methyl/N-ethyl adjacent to an activating group) is 1. The molecule has 1 aliphatic carbocycles. The van der Waals surface area contributed by atoms with Gasteiger partial charge in [0.1, 0.15) is 0 Å². The zero-order valence-corrected chi connectivity index (χ0v) is 12.7. The van der Waals surface area contributed by atoms with Crippen LogP contribution >= 0.6 is 0 Å². The van der Waals surface area contributed by atoms with Crippen molar-refractivity contribution in [3.05, 3.63) is 0 Å². The molecule has 0 bridgehead atoms. The molecule has 0 saturated heterocycles. The third-order valence-corrected chi connectivity index (χ3v) is 3.55. The fourth-order valence-corrected chi connectivity index (χ4v) is 2.15. The van der Waals surface area contributed by atoms with Gasteiger partial charge in [0.25, 0.3) is 0 Å². The van der Waals surface area contributed by atoms with Crippen molar-refractivity contribution in [2.24, 2.45) is 16.8 Å². The summed E-state index contributed by atoms with van der Waals surface area (Å²) in [4.78, 5) is 6.60. The normalized spacial score (nSPS) is 18.3. The predicted octanol–water partition coefficient (Wildman–Crippen LogP) is 1.54. The molecule has 0 aromatic rings. The van der Waals surface area contributed by atoms with Crippen molar-refractivity contribution in [2.75, 3.05) is 34.2 Å². The molecule has 0 spiro atoms. The average molecular weight is 254 g/mol. The minimum atomic E-state index is 0.633. The maximum atomic E-state index is 4.27. The van der Waals surface area contributed by atoms with Gasteiger partial charge in [-0.1, -0.05) is 13.8 Å². The number of nitrogens with zero attached hydrogens (tertiary/aromatic N) is 2. The first-order chi connectivity index (χ1) is 8.54. The fraction of sp³-hybridized carbons (Fsp3) is 0.929. The Morgan fingerprint density at radius 1 is 1.28 bits per heavy atom. The van der Waals surface area contributed by atoms with Gasteiger partial charge in [-0.05, 0) is 45.2 Å². The van der Waals surface area contributed by atoms with Crippen molar-refractivity contribution in [2.45, 2.75) is 39.2 Å². The van der Waals surface area contributed by atoms with Crippen LogP contribution in [0.15, 0.2) is 4.99 Å². The lowest BCUT2D eigenvalue weighted by Crippen LogP contribution is -2.46. The van der Waals surface area contributed by atoms with Gasteiger partial charge in [-0.25, -0.2) is 0 Å². The largest absolute Gasteiger partial charge is 0.356 e. The molecule has 0 heterocycles. The SMILES string of the molecule is CN=C(NCCC(C)C)NCC(C1CC1)N(C)C. The Hall–Kier alpha value is -0.770. The van der Waals surface area contributed by atoms with Crippen LogP contribution in [0.3, 0.4) is 0 Å². The maximum absolute atomic E-state index is 4.27. The van der Waals surface area contributed by atoms with E-state index in [9.17, 15) is 0 Å². The Bertz CT molecular complexity index is 255. The lowest BCUT2D eigenvalue weighted by molar-refractivity contribution is 0.264. The number of aliphatic imine (C=N–C) groups is 1. The highest BCUT2D eigenvalue weighted by molar-refractivity contribution is 5.79. The van der Waals surface area contributed by atoms with Crippen LogP contribution in [0.5, 0.6) is 0 Å². The Balaban J connectivity index is 2.25. The standard InChI is InChI=1S/C14H30N4/c1-11(2)8-9-16-14(15-3)17-10-13(18(4)5)12-6-7-12/h11-13H,6-10H2,1-5H3,(H2,15,16,17). The van der Waals surface area contributed by atoms with Crippen LogP contribution in [-0.2, 0) is 0 Å². The Labute approximate surface area is 112 Å². The minimum Gasteiger partial charge on any atom is -0.356 e. The van der Waals surface area contributed by atoms with Crippen molar-refractivity contribution in [3.63, 3.8) is 0 Å². The molecular formula is C14H30N4. The molecule has 2 N–H and O–H groups in total. The van der Waals surface area contributed by atoms with Gasteiger partial charge in [-0.2, -0.15) is 0 Å². The molecule has 4 heteroatoms. The van der Waals surface area contributed by atoms with E-state index in [0.717, 1.165) is 30.9 Å². The van der Waals surface area contributed by atoms with Crippen LogP contribution in [-0.4, -0.2) is 51.1 Å². The molecule has 0 aliphatic heterocycles. The topological polar surface area (TPSA) is 39.7 Å². The van der Waals surface area contributed by atoms with Crippen molar-refractivity contribution < 1.29 is 0 Å². The molecule has 1 atom stereocenters. The van der Waals surface area contributed by atoms with Gasteiger partial charge in [0, 0.05) is 26.2 Å². The van der Waals surface area contributed by atoms with Crippen molar-refractivity contribution >= 4 is 5.96 Å². The maximum Gasteiger partial charge on any atom is 0.191 e. The smallest absolute Gasteiger partial charge is 0.191 e. The Morgan fingerprint density at radius 3 is 2.39 bits per heavy atom. The molecule has 1 fully saturated rings. The first-order valence-corrected chi connectivity index (χ1v) is 7.15. The fourth-order valence-electron chi connectivity index (χ4n) is 2.15. The summed E-state index contributed by atoms with van der Waals surface area (Å²) in [5.41, 5.74) is 0. The minimum absolute atomic E-state index is 0.633. The molecule has 0 aromatic heterocycles. The second-order valence-corrected chi connectivity index (χ2v) is 5.93. The van der Waals surface area contributed by atoms with Gasteiger partial charge in [0.05, 0.1) is 0 Å². The first kappa shape index (κ1) is 15.3. The van der Waals surface area contributed by atoms with Crippen molar-refractivity contribution in [3.8, 4) is 0 Å². The van der Waals surface area contributed by atoms with Gasteiger partial charge in [0.2, 0.25) is 0 Å². The molecular weight excluding hydrogens is 224 g/mol. The van der Waals surface area contributed by atoms with E-state index < -0.39 is 0 Å². The number of guanidine groups is 1. The van der Waals surface area contributed by atoms with Gasteiger partial charge < -0.3 is 15.5 Å². The van der Waals surface area contributed by atoms with Gasteiger partial charge in [-0.15, -0.1) is 0 Å². The quantitative estimate of drug-likeness (QED) is 0.535. The highest BCUT2D eigenvalue weighted by atomic mass is 15.2. The zero-order chi connectivity index (χ0) is 13.5. The third kappa shape index (κ3) is 5.71. The van der Waals surface area contributed by atoms with Crippen LogP contribution in [0.25, 0.3) is 0 Å². The lowest BCUT2D eigenvalue weighted by Gasteiger charge is -2.25. The van der Waals surface area contributed by atoms with Crippen molar-refractivity contribution in [1.29, 1.82) is 0 Å². The van der Waals surface area contributed by atoms with E-state index in [1.54, 1.807) is 0 Å². The second kappa shape index (κ2) is 7.62. The van der Waals surface area contributed by atoms with E-state index in [0.29, 0.717) is 6.04 Å². The van der Waals surface area contributed by atoms with Gasteiger partial charge in [0.15, 0.2) is 5.96 Å². The summed E-state index contributed by atoms with van der Waals surface area (Å²) in [6.07, 6.45) is 3.94. The first-order valence-electron chi connectivity index (χ1n) is 7.15. The van der Waals surface area contributed by atoms with Crippen LogP contribution in [0.1, 0.15) is 33.1 Å². The molecule has 0 amide bonds. The summed E-state index contributed by atoms with van der Waals surface area (Å²) < 4.78 is 0. The van der Waals surface area contributed by atoms with Gasteiger partial charge in [-0.3, -0.25) is 4.99 Å². The average Bonchev–Trinajstić information content (AvgIpc) is 3.10. The van der Waals surface area contributed by atoms with Crippen LogP contribution in [0.4, 0.5) is 0 Å². The Morgan fingerprint density at radius 2 is 1.94 bits per heavy atom. The summed E-state index contributed by atoms with van der Waals surface area (Å²) >= 11 is 0. The summed E-state index contributed by atoms with van der Waals surface area (Å²) in [5.74, 6) is 2.54. The van der Waals surface area contributed by atoms with Gasteiger partial charge >= 0.3 is 0 Å². The third-order valence-electron chi connectivity index (χ3n) is 3.55. The van der Waals surface area contributed by atoms with E-state index in [1.807, 2.05) is 7.05 Å². The molecule has 1 rings (SSSR count). The number of hydrogen-bond acceptors (Lipinski definition) is 2. The van der Waals surface area contributed by atoms with E-state index in [-0.39, 0.29) is 0 Å². The van der Waals surface area contributed by atoms with Crippen LogP contribution in [0, 0.1) is 11.8 Å². The second-order valence-electron chi connectivity index (χ2n) is 5.93. The van der Waals surface area contributed by atoms with E-state index in [1.165, 1.54) is 19.3 Å². The molecule has 1 aliphatic rings. The lowest BCUT2D eigenvalue weighted by atomic mass is 10.1. The summed E-state index contributed by atoms with van der Waals surface area (Å²) in [7, 11) is 6.17. The molecule has 106 valence electrons. The number of nitrogens with one attached hydrogen (secondary N) is 2. The molecule has 18 heavy (non-hydrogen) atoms. The number of rotatable bonds is 7. The molecule has 1 saturated carbocycles. The van der Waals surface area contributed by atoms with Crippen LogP contribution in [0.2, 0.25) is 0 Å². The van der Waals surface area contributed by atoms with E-state index in [4.69, 9.17) is 0 Å². The van der Waals surface area contributed by atoms with Crippen molar-refractivity contribution in [1.82, 2.24) is 15.5 Å². The molecule has 0 radical (unpaired) electrons. The number of hydrogen-bond donors (Lipinski definition) is 2. The zero-order valence-electron chi connectivity index (χ0n) is 12.7. The summed E-state index contributed by atoms with van der Waals surface area (Å²) in [6.45, 7) is 6.46. The molecule has 1 unspecified atom stereocenters. The highest BCUT2D eigenvalue weighted by Gasteiger charge is 2.32. The van der Waals surface area contributed by atoms with Crippen LogP contribution < -0.4 is 10.6 Å². The summed E-state index contributed by atoms with van der Waals surface area (Å²) in [5, 5.41) is 6.82. The highest BCUT2D eigenvalue weighted by Crippen LogP contribution is 2.34. The molecule has 0 aromatic carbocycles. The van der Waals surface area contributed by atoms with E-state index >= 15 is 0 Å². The Kier molecular flexibility index (Phi) is 6.47. The monoisotopic (exact) mass is 254 g/mol. The van der Waals surface area contributed by atoms with E-state index in [2.05, 4.69) is 48.5 Å².